The van der Waals surface area contributed by atoms with Crippen molar-refractivity contribution in [2.75, 3.05) is 0 Å². The van der Waals surface area contributed by atoms with Crippen LogP contribution in [0, 0.1) is 0 Å². The summed E-state index contributed by atoms with van der Waals surface area (Å²) in [6.45, 7) is 9.31. The summed E-state index contributed by atoms with van der Waals surface area (Å²) in [6, 6.07) is 8.28. The summed E-state index contributed by atoms with van der Waals surface area (Å²) in [4.78, 5) is 2.31. The molecule has 1 aromatic carbocycles. The Bertz CT molecular complexity index is 383. The van der Waals surface area contributed by atoms with Crippen molar-refractivity contribution >= 4 is 18.6 Å². The minimum atomic E-state index is -2.83. The molecular formula is C13H21NO2Se. The maximum absolute atomic E-state index is 11.3. The average Bonchev–Trinajstić information content (AvgIpc) is 2.25. The molecule has 1 rings (SSSR count). The van der Waals surface area contributed by atoms with Crippen LogP contribution >= 0.6 is 0 Å². The van der Waals surface area contributed by atoms with Crippen molar-refractivity contribution in [1.82, 2.24) is 4.90 Å². The Morgan fingerprint density at radius 1 is 1.18 bits per heavy atom. The molecule has 1 N–H and O–H groups in total. The number of rotatable bonds is 5. The molecular weight excluding hydrogens is 281 g/mol. The third-order valence-electron chi connectivity index (χ3n) is 2.84. The summed E-state index contributed by atoms with van der Waals surface area (Å²) in [5.41, 5.74) is 0.970. The topological polar surface area (TPSA) is 40.5 Å². The molecule has 0 aromatic heterocycles. The van der Waals surface area contributed by atoms with Gasteiger partial charge in [-0.05, 0) is 0 Å². The van der Waals surface area contributed by atoms with Crippen molar-refractivity contribution in [2.45, 2.75) is 46.3 Å². The molecule has 0 radical (unpaired) electrons. The van der Waals surface area contributed by atoms with Gasteiger partial charge in [0.25, 0.3) is 0 Å². The van der Waals surface area contributed by atoms with Crippen LogP contribution in [0.3, 0.4) is 0 Å². The van der Waals surface area contributed by atoms with E-state index in [1.807, 2.05) is 18.2 Å². The first-order valence-corrected chi connectivity index (χ1v) is 8.20. The first-order chi connectivity index (χ1) is 7.93. The van der Waals surface area contributed by atoms with Crippen LogP contribution in [0.5, 0.6) is 0 Å². The van der Waals surface area contributed by atoms with Gasteiger partial charge in [-0.1, -0.05) is 0 Å². The number of benzene rings is 1. The molecule has 0 amide bonds. The quantitative estimate of drug-likeness (QED) is 0.837. The van der Waals surface area contributed by atoms with Crippen LogP contribution in [0.4, 0.5) is 0 Å². The molecule has 0 heterocycles. The molecule has 1 aromatic rings. The van der Waals surface area contributed by atoms with Gasteiger partial charge in [-0.15, -0.1) is 0 Å². The molecule has 0 fully saturated rings. The SMILES string of the molecule is CC(C)N(Cc1ccccc1[Se](=O)O)C(C)C. The van der Waals surface area contributed by atoms with E-state index in [9.17, 15) is 8.02 Å². The predicted octanol–water partition coefficient (Wildman–Crippen LogP) is 1.42. The summed E-state index contributed by atoms with van der Waals surface area (Å²) >= 11 is -2.83. The Balaban J connectivity index is 2.97. The van der Waals surface area contributed by atoms with E-state index in [1.54, 1.807) is 6.07 Å². The molecule has 17 heavy (non-hydrogen) atoms. The van der Waals surface area contributed by atoms with E-state index in [4.69, 9.17) is 0 Å². The third-order valence-corrected chi connectivity index (χ3v) is 4.47. The molecule has 0 saturated heterocycles. The molecule has 1 unspecified atom stereocenters. The average molecular weight is 302 g/mol. The van der Waals surface area contributed by atoms with E-state index in [0.717, 1.165) is 12.1 Å². The van der Waals surface area contributed by atoms with E-state index >= 15 is 0 Å². The summed E-state index contributed by atoms with van der Waals surface area (Å²) in [6.07, 6.45) is 0. The van der Waals surface area contributed by atoms with E-state index < -0.39 is 14.2 Å². The van der Waals surface area contributed by atoms with Gasteiger partial charge in [0.05, 0.1) is 0 Å². The molecule has 0 aliphatic heterocycles. The number of hydrogen-bond acceptors (Lipinski definition) is 2. The first kappa shape index (κ1) is 14.5. The fourth-order valence-electron chi connectivity index (χ4n) is 1.96. The molecule has 3 nitrogen and oxygen atoms in total. The summed E-state index contributed by atoms with van der Waals surface area (Å²) in [5, 5.41) is 0. The van der Waals surface area contributed by atoms with Gasteiger partial charge < -0.3 is 0 Å². The van der Waals surface area contributed by atoms with Gasteiger partial charge in [0.15, 0.2) is 0 Å². The Kier molecular flexibility index (Phi) is 5.47. The summed E-state index contributed by atoms with van der Waals surface area (Å²) in [7, 11) is 0. The van der Waals surface area contributed by atoms with Gasteiger partial charge in [-0.2, -0.15) is 0 Å². The molecule has 0 bridgehead atoms. The summed E-state index contributed by atoms with van der Waals surface area (Å²) in [5.74, 6) is 0. The monoisotopic (exact) mass is 303 g/mol. The molecule has 4 heteroatoms. The Labute approximate surface area is 108 Å². The van der Waals surface area contributed by atoms with Crippen molar-refractivity contribution in [2.24, 2.45) is 0 Å². The Hall–Kier alpha value is -0.541. The van der Waals surface area contributed by atoms with Crippen molar-refractivity contribution in [3.8, 4) is 0 Å². The molecule has 0 saturated carbocycles. The number of nitrogens with zero attached hydrogens (tertiary/aromatic N) is 1. The third kappa shape index (κ3) is 4.00. The van der Waals surface area contributed by atoms with E-state index in [1.165, 1.54) is 0 Å². The fraction of sp³-hybridized carbons (Fsp3) is 0.538. The van der Waals surface area contributed by atoms with Gasteiger partial charge in [0.1, 0.15) is 0 Å². The zero-order valence-corrected chi connectivity index (χ0v) is 12.6. The summed E-state index contributed by atoms with van der Waals surface area (Å²) < 4.78 is 21.3. The van der Waals surface area contributed by atoms with Crippen molar-refractivity contribution in [1.29, 1.82) is 0 Å². The van der Waals surface area contributed by atoms with Gasteiger partial charge in [0.2, 0.25) is 0 Å². The van der Waals surface area contributed by atoms with E-state index in [2.05, 4.69) is 32.6 Å². The molecule has 1 atom stereocenters. The second-order valence-electron chi connectivity index (χ2n) is 4.72. The molecule has 0 aliphatic carbocycles. The fourth-order valence-corrected chi connectivity index (χ4v) is 3.12. The van der Waals surface area contributed by atoms with E-state index in [-0.39, 0.29) is 0 Å². The van der Waals surface area contributed by atoms with Crippen molar-refractivity contribution < 1.29 is 8.02 Å². The molecule has 0 aliphatic rings. The zero-order valence-electron chi connectivity index (χ0n) is 10.9. The van der Waals surface area contributed by atoms with Crippen LogP contribution in [-0.2, 0) is 10.4 Å². The second-order valence-corrected chi connectivity index (χ2v) is 6.68. The van der Waals surface area contributed by atoms with Gasteiger partial charge in [-0.25, -0.2) is 0 Å². The molecule has 0 spiro atoms. The Morgan fingerprint density at radius 2 is 1.71 bits per heavy atom. The maximum atomic E-state index is 11.3. The van der Waals surface area contributed by atoms with Crippen LogP contribution in [0.2, 0.25) is 0 Å². The number of hydrogen-bond donors (Lipinski definition) is 1. The van der Waals surface area contributed by atoms with Crippen LogP contribution < -0.4 is 4.46 Å². The van der Waals surface area contributed by atoms with Gasteiger partial charge in [-0.3, -0.25) is 0 Å². The predicted molar refractivity (Wildman–Crippen MR) is 70.6 cm³/mol. The molecule has 96 valence electrons. The first-order valence-electron chi connectivity index (χ1n) is 5.88. The van der Waals surface area contributed by atoms with Crippen LogP contribution in [0.15, 0.2) is 24.3 Å². The Morgan fingerprint density at radius 3 is 2.18 bits per heavy atom. The minimum absolute atomic E-state index is 0.423. The van der Waals surface area contributed by atoms with Crippen LogP contribution in [-0.4, -0.2) is 35.3 Å². The second kappa shape index (κ2) is 6.41. The standard InChI is InChI=1S/C13H21NO2Se/c1-10(2)14(11(3)4)9-12-7-5-6-8-13(12)17(15)16/h5-8,10-11H,9H2,1-4H3,(H,15,16). The van der Waals surface area contributed by atoms with Crippen LogP contribution in [0.25, 0.3) is 0 Å². The van der Waals surface area contributed by atoms with Gasteiger partial charge >= 0.3 is 108 Å². The van der Waals surface area contributed by atoms with Crippen molar-refractivity contribution in [3.63, 3.8) is 0 Å². The zero-order chi connectivity index (χ0) is 13.0. The van der Waals surface area contributed by atoms with E-state index in [0.29, 0.717) is 16.5 Å². The normalized spacial score (nSPS) is 13.6. The van der Waals surface area contributed by atoms with Crippen LogP contribution in [0.1, 0.15) is 33.3 Å². The van der Waals surface area contributed by atoms with Gasteiger partial charge in [0, 0.05) is 0 Å². The van der Waals surface area contributed by atoms with Crippen molar-refractivity contribution in [3.05, 3.63) is 29.8 Å².